The Morgan fingerprint density at radius 3 is 1.53 bits per heavy atom. The van der Waals surface area contributed by atoms with Crippen molar-refractivity contribution >= 4 is 52.2 Å². The first-order chi connectivity index (χ1) is 24.0. The smallest absolute Gasteiger partial charge is 0.748 e. The largest absolute Gasteiger partial charge is 2.00 e. The van der Waals surface area contributed by atoms with Gasteiger partial charge in [0.25, 0.3) is 0 Å². The zero-order valence-corrected chi connectivity index (χ0v) is 39.0. The first-order valence-corrected chi connectivity index (χ1v) is 22.1. The number of hydrogen-bond donors (Lipinski definition) is 1. The van der Waals surface area contributed by atoms with Gasteiger partial charge in [-0.15, -0.1) is 59.1 Å². The van der Waals surface area contributed by atoms with E-state index in [9.17, 15) is 0 Å². The molecule has 0 aliphatic heterocycles. The molecule has 0 aromatic heterocycles. The van der Waals surface area contributed by atoms with E-state index in [-0.39, 0.29) is 44.0 Å². The Kier molecular flexibility index (Phi) is 22.6. The maximum atomic E-state index is 9.08. The van der Waals surface area contributed by atoms with Crippen LogP contribution in [0.1, 0.15) is 118 Å². The number of rotatable bonds is 7. The monoisotopic (exact) mass is 891 g/mol. The molecule has 4 aromatic carbocycles. The normalized spacial score (nSPS) is 11.5. The van der Waals surface area contributed by atoms with Gasteiger partial charge >= 0.3 is 20.4 Å². The van der Waals surface area contributed by atoms with Crippen LogP contribution in [0.15, 0.2) is 84.9 Å². The van der Waals surface area contributed by atoms with Crippen molar-refractivity contribution in [1.29, 1.82) is 0 Å². The van der Waals surface area contributed by atoms with Gasteiger partial charge in [0.15, 0.2) is 0 Å². The molecule has 0 aliphatic rings. The van der Waals surface area contributed by atoms with Gasteiger partial charge in [0.2, 0.25) is 0 Å². The van der Waals surface area contributed by atoms with E-state index in [4.69, 9.17) is 36.2 Å². The summed E-state index contributed by atoms with van der Waals surface area (Å²) >= 11 is 9.53. The van der Waals surface area contributed by atoms with E-state index in [0.717, 1.165) is 11.3 Å². The fourth-order valence-electron chi connectivity index (χ4n) is 6.37. The maximum absolute atomic E-state index is 9.08. The van der Waals surface area contributed by atoms with Crippen LogP contribution in [0.3, 0.4) is 0 Å². The van der Waals surface area contributed by atoms with E-state index in [1.165, 1.54) is 33.4 Å². The van der Waals surface area contributed by atoms with Crippen molar-refractivity contribution < 1.29 is 33.4 Å². The van der Waals surface area contributed by atoms with Crippen LogP contribution in [-0.4, -0.2) is 41.9 Å². The maximum Gasteiger partial charge on any atom is 2.00 e. The van der Waals surface area contributed by atoms with E-state index >= 15 is 0 Å². The molecular formula is C44H62Cl2NO3PPdS. The van der Waals surface area contributed by atoms with Gasteiger partial charge in [-0.2, -0.15) is 0 Å². The van der Waals surface area contributed by atoms with Crippen LogP contribution in [0.2, 0.25) is 0 Å². The van der Waals surface area contributed by atoms with Gasteiger partial charge in [-0.1, -0.05) is 151 Å². The molecule has 0 amide bonds. The van der Waals surface area contributed by atoms with Crippen LogP contribution < -0.4 is 10.6 Å². The van der Waals surface area contributed by atoms with Crippen LogP contribution in [0.25, 0.3) is 22.3 Å². The van der Waals surface area contributed by atoms with Gasteiger partial charge in [-0.05, 0) is 72.9 Å². The second-order valence-corrected chi connectivity index (χ2v) is 21.7. The Morgan fingerprint density at radius 1 is 0.736 bits per heavy atom. The standard InChI is InChI=1S/C29H45P.C13H12N.CH2Cl2.CH4O3S.Pd/c1-19(2)22-17-24(20(3)4)27(25(18-22)21(5)6)23-15-13-14-16-26(23)30(28(7,8)9)29(10,11)12;1-14-13-10-6-5-9-12(13)11-7-3-2-4-8-11;2-1-3;1-5(2,3)4;/h13-21H,1-12H3;2-7,9-10,14H,1H3;1H2;1H3,(H,2,3,4);/q;-1;;;+2/p-1. The van der Waals surface area contributed by atoms with Crippen molar-refractivity contribution in [3.8, 4) is 22.3 Å². The second kappa shape index (κ2) is 23.4. The molecule has 0 unspecified atom stereocenters. The second-order valence-electron chi connectivity index (χ2n) is 15.6. The van der Waals surface area contributed by atoms with Crippen LogP contribution in [0, 0.1) is 6.07 Å². The third kappa shape index (κ3) is 17.3. The van der Waals surface area contributed by atoms with Crippen molar-refractivity contribution in [1.82, 2.24) is 0 Å². The van der Waals surface area contributed by atoms with Gasteiger partial charge in [0.05, 0.1) is 15.5 Å². The van der Waals surface area contributed by atoms with E-state index in [0.29, 0.717) is 24.0 Å². The first kappa shape index (κ1) is 51.3. The Hall–Kier alpha value is -1.74. The third-order valence-corrected chi connectivity index (χ3v) is 11.6. The molecule has 9 heteroatoms. The fraction of sp³-hybridized carbons (Fsp3) is 0.455. The zero-order valence-electron chi connectivity index (χ0n) is 34.2. The van der Waals surface area contributed by atoms with Crippen molar-refractivity contribution in [3.63, 3.8) is 0 Å². The number of nitrogens with one attached hydrogen (secondary N) is 1. The van der Waals surface area contributed by atoms with Gasteiger partial charge < -0.3 is 9.87 Å². The minimum Gasteiger partial charge on any atom is -0.748 e. The van der Waals surface area contributed by atoms with Crippen molar-refractivity contribution in [3.05, 3.63) is 108 Å². The average molecular weight is 893 g/mol. The molecule has 0 heterocycles. The number of benzene rings is 4. The van der Waals surface area contributed by atoms with Gasteiger partial charge in [-0.25, -0.2) is 8.42 Å². The molecule has 0 radical (unpaired) electrons. The summed E-state index contributed by atoms with van der Waals surface area (Å²) in [6.07, 6.45) is 0.604. The summed E-state index contributed by atoms with van der Waals surface area (Å²) in [7, 11) is -2.35. The SMILES string of the molecule is CC(C)c1cc(C(C)C)c(-c2ccccc2P(C(C)(C)C)C(C)(C)C)c(C(C)C)c1.CNc1ccccc1-c1[c-]cccc1.CS(=O)(=O)[O-].ClCCl.[Pd+2]. The first-order valence-electron chi connectivity index (χ1n) is 17.8. The number of anilines is 1. The summed E-state index contributed by atoms with van der Waals surface area (Å²) in [6, 6.07) is 33.7. The van der Waals surface area contributed by atoms with Crippen LogP contribution >= 0.6 is 31.1 Å². The van der Waals surface area contributed by atoms with E-state index in [2.05, 4.69) is 149 Å². The predicted octanol–water partition coefficient (Wildman–Crippen LogP) is 13.2. The summed E-state index contributed by atoms with van der Waals surface area (Å²) in [4.78, 5) is 0. The molecular weight excluding hydrogens is 831 g/mol. The molecule has 4 aromatic rings. The summed E-state index contributed by atoms with van der Waals surface area (Å²) < 4.78 is 27.2. The van der Waals surface area contributed by atoms with E-state index in [1.54, 1.807) is 5.30 Å². The van der Waals surface area contributed by atoms with Gasteiger partial charge in [-0.3, -0.25) is 0 Å². The summed E-state index contributed by atoms with van der Waals surface area (Å²) in [5.41, 5.74) is 10.9. The number of halogens is 2. The minimum atomic E-state index is -3.92. The summed E-state index contributed by atoms with van der Waals surface area (Å²) in [5.74, 6) is 1.55. The molecule has 1 N–H and O–H groups in total. The third-order valence-electron chi connectivity index (χ3n) is 8.08. The molecule has 53 heavy (non-hydrogen) atoms. The molecule has 0 atom stereocenters. The molecule has 0 saturated carbocycles. The van der Waals surface area contributed by atoms with Crippen molar-refractivity contribution in [2.75, 3.05) is 24.0 Å². The van der Waals surface area contributed by atoms with Crippen molar-refractivity contribution in [2.45, 2.75) is 111 Å². The number of hydrogen-bond acceptors (Lipinski definition) is 4. The molecule has 296 valence electrons. The predicted molar refractivity (Wildman–Crippen MR) is 233 cm³/mol. The Labute approximate surface area is 348 Å². The molecule has 0 aliphatic carbocycles. The quantitative estimate of drug-likeness (QED) is 0.0660. The Bertz CT molecular complexity index is 1720. The van der Waals surface area contributed by atoms with Crippen molar-refractivity contribution in [2.24, 2.45) is 0 Å². The van der Waals surface area contributed by atoms with E-state index < -0.39 is 10.1 Å². The molecule has 4 nitrogen and oxygen atoms in total. The molecule has 0 spiro atoms. The molecule has 4 rings (SSSR count). The van der Waals surface area contributed by atoms with Gasteiger partial charge in [0.1, 0.15) is 0 Å². The van der Waals surface area contributed by atoms with Crippen LogP contribution in [-0.2, 0) is 30.5 Å². The Balaban J connectivity index is 0.000000965. The topological polar surface area (TPSA) is 69.2 Å². The molecule has 0 saturated heterocycles. The molecule has 0 bridgehead atoms. The van der Waals surface area contributed by atoms with Gasteiger partial charge in [0, 0.05) is 13.3 Å². The summed E-state index contributed by atoms with van der Waals surface area (Å²) in [5, 5.41) is 5.43. The zero-order chi connectivity index (χ0) is 40.0. The summed E-state index contributed by atoms with van der Waals surface area (Å²) in [6.45, 7) is 28.6. The van der Waals surface area contributed by atoms with Crippen LogP contribution in [0.5, 0.6) is 0 Å². The molecule has 0 fully saturated rings. The Morgan fingerprint density at radius 2 is 1.15 bits per heavy atom. The van der Waals surface area contributed by atoms with Crippen LogP contribution in [0.4, 0.5) is 5.69 Å². The minimum absolute atomic E-state index is 0. The average Bonchev–Trinajstić information content (AvgIpc) is 3.03. The number of alkyl halides is 2. The fourth-order valence-corrected chi connectivity index (χ4v) is 10.5. The van der Waals surface area contributed by atoms with E-state index in [1.807, 2.05) is 37.4 Å². The number of para-hydroxylation sites is 1.